The van der Waals surface area contributed by atoms with Crippen LogP contribution < -0.4 is 10.5 Å². The van der Waals surface area contributed by atoms with Crippen molar-refractivity contribution in [2.45, 2.75) is 20.3 Å². The van der Waals surface area contributed by atoms with Gasteiger partial charge in [-0.3, -0.25) is 4.79 Å². The van der Waals surface area contributed by atoms with Crippen molar-refractivity contribution in [3.63, 3.8) is 0 Å². The van der Waals surface area contributed by atoms with Crippen LogP contribution in [0.2, 0.25) is 0 Å². The maximum Gasteiger partial charge on any atom is 0.260 e. The van der Waals surface area contributed by atoms with Gasteiger partial charge in [-0.2, -0.15) is 0 Å². The molecule has 1 saturated heterocycles. The van der Waals surface area contributed by atoms with E-state index in [9.17, 15) is 4.79 Å². The number of rotatable bonds is 5. The van der Waals surface area contributed by atoms with E-state index in [2.05, 4.69) is 13.8 Å². The van der Waals surface area contributed by atoms with E-state index in [1.54, 1.807) is 24.3 Å². The van der Waals surface area contributed by atoms with E-state index in [-0.39, 0.29) is 12.5 Å². The summed E-state index contributed by atoms with van der Waals surface area (Å²) >= 11 is 4.89. The van der Waals surface area contributed by atoms with Gasteiger partial charge in [-0.15, -0.1) is 0 Å². The molecule has 2 rings (SSSR count). The molecule has 2 N–H and O–H groups in total. The highest BCUT2D eigenvalue weighted by atomic mass is 32.1. The van der Waals surface area contributed by atoms with E-state index in [1.165, 1.54) is 0 Å². The molecule has 0 aromatic heterocycles. The van der Waals surface area contributed by atoms with Crippen LogP contribution in [0.25, 0.3) is 0 Å². The molecule has 1 heterocycles. The van der Waals surface area contributed by atoms with Crippen LogP contribution in [-0.2, 0) is 4.79 Å². The summed E-state index contributed by atoms with van der Waals surface area (Å²) in [6, 6.07) is 7.16. The molecular weight excluding hydrogens is 284 g/mol. The second-order valence-corrected chi connectivity index (χ2v) is 6.25. The van der Waals surface area contributed by atoms with Crippen LogP contribution in [-0.4, -0.2) is 35.5 Å². The number of benzene rings is 1. The molecule has 1 amide bonds. The first-order valence-corrected chi connectivity index (χ1v) is 7.68. The van der Waals surface area contributed by atoms with Crippen molar-refractivity contribution in [3.8, 4) is 5.75 Å². The number of carbonyl (C=O) groups is 1. The van der Waals surface area contributed by atoms with E-state index in [4.69, 9.17) is 22.7 Å². The minimum absolute atomic E-state index is 0.0524. The highest BCUT2D eigenvalue weighted by molar-refractivity contribution is 7.80. The summed E-state index contributed by atoms with van der Waals surface area (Å²) < 4.78 is 5.54. The fourth-order valence-electron chi connectivity index (χ4n) is 2.51. The zero-order chi connectivity index (χ0) is 15.4. The predicted molar refractivity (Wildman–Crippen MR) is 87.3 cm³/mol. The molecule has 5 heteroatoms. The number of hydrogen-bond donors (Lipinski definition) is 1. The Bertz CT molecular complexity index is 514. The summed E-state index contributed by atoms with van der Waals surface area (Å²) in [6.07, 6.45) is 1.09. The van der Waals surface area contributed by atoms with Crippen molar-refractivity contribution in [1.29, 1.82) is 0 Å². The first-order valence-electron chi connectivity index (χ1n) is 7.28. The molecule has 1 aromatic carbocycles. The molecule has 4 nitrogen and oxygen atoms in total. The molecule has 114 valence electrons. The first kappa shape index (κ1) is 15.8. The van der Waals surface area contributed by atoms with Gasteiger partial charge in [0.05, 0.1) is 0 Å². The Balaban J connectivity index is 1.83. The number of ether oxygens (including phenoxy) is 1. The van der Waals surface area contributed by atoms with Crippen LogP contribution in [0, 0.1) is 11.8 Å². The molecule has 0 bridgehead atoms. The van der Waals surface area contributed by atoms with Crippen LogP contribution in [0.3, 0.4) is 0 Å². The lowest BCUT2D eigenvalue weighted by Crippen LogP contribution is -2.33. The topological polar surface area (TPSA) is 55.6 Å². The summed E-state index contributed by atoms with van der Waals surface area (Å²) in [7, 11) is 0. The third-order valence-electron chi connectivity index (χ3n) is 4.02. The Morgan fingerprint density at radius 1 is 1.43 bits per heavy atom. The molecule has 0 saturated carbocycles. The minimum atomic E-state index is 0.0524. The number of nitrogens with two attached hydrogens (primary N) is 1. The molecule has 0 aliphatic carbocycles. The monoisotopic (exact) mass is 306 g/mol. The number of thiocarbonyl (C=S) groups is 1. The molecule has 21 heavy (non-hydrogen) atoms. The standard InChI is InChI=1S/C16H22N2O2S/c1-11(2)13-7-8-18(9-13)15(19)10-20-14-5-3-12(4-6-14)16(17)21/h3-6,11,13H,7-10H2,1-2H3,(H2,17,21). The van der Waals surface area contributed by atoms with Gasteiger partial charge in [0.2, 0.25) is 0 Å². The summed E-state index contributed by atoms with van der Waals surface area (Å²) in [5.41, 5.74) is 6.33. The predicted octanol–water partition coefficient (Wildman–Crippen LogP) is 2.20. The third kappa shape index (κ3) is 4.17. The molecule has 1 aliphatic heterocycles. The number of nitrogens with zero attached hydrogens (tertiary/aromatic N) is 1. The zero-order valence-electron chi connectivity index (χ0n) is 12.5. The SMILES string of the molecule is CC(C)C1CCN(C(=O)COc2ccc(C(N)=S)cc2)C1. The van der Waals surface area contributed by atoms with Gasteiger partial charge in [0.25, 0.3) is 5.91 Å². The molecule has 1 aliphatic rings. The average molecular weight is 306 g/mol. The highest BCUT2D eigenvalue weighted by Gasteiger charge is 2.28. The largest absolute Gasteiger partial charge is 0.484 e. The van der Waals surface area contributed by atoms with E-state index in [0.717, 1.165) is 25.1 Å². The summed E-state index contributed by atoms with van der Waals surface area (Å²) in [4.78, 5) is 14.4. The van der Waals surface area contributed by atoms with Crippen molar-refractivity contribution >= 4 is 23.1 Å². The Kier molecular flexibility index (Phi) is 5.17. The second kappa shape index (κ2) is 6.89. The van der Waals surface area contributed by atoms with Crippen LogP contribution in [0.15, 0.2) is 24.3 Å². The number of amides is 1. The maximum atomic E-state index is 12.1. The van der Waals surface area contributed by atoms with Gasteiger partial charge in [-0.05, 0) is 42.5 Å². The number of carbonyl (C=O) groups excluding carboxylic acids is 1. The maximum absolute atomic E-state index is 12.1. The van der Waals surface area contributed by atoms with Crippen molar-refractivity contribution in [3.05, 3.63) is 29.8 Å². The summed E-state index contributed by atoms with van der Waals surface area (Å²) in [5.74, 6) is 1.94. The fourth-order valence-corrected chi connectivity index (χ4v) is 2.65. The van der Waals surface area contributed by atoms with Gasteiger partial charge in [-0.25, -0.2) is 0 Å². The molecular formula is C16H22N2O2S. The van der Waals surface area contributed by atoms with Crippen molar-refractivity contribution < 1.29 is 9.53 Å². The number of likely N-dealkylation sites (tertiary alicyclic amines) is 1. The zero-order valence-corrected chi connectivity index (χ0v) is 13.4. The minimum Gasteiger partial charge on any atom is -0.484 e. The van der Waals surface area contributed by atoms with Gasteiger partial charge in [-0.1, -0.05) is 26.1 Å². The fraction of sp³-hybridized carbons (Fsp3) is 0.500. The van der Waals surface area contributed by atoms with Gasteiger partial charge in [0, 0.05) is 18.7 Å². The Hall–Kier alpha value is -1.62. The molecule has 1 unspecified atom stereocenters. The normalized spacial score (nSPS) is 18.0. The van der Waals surface area contributed by atoms with Crippen LogP contribution in [0.1, 0.15) is 25.8 Å². The van der Waals surface area contributed by atoms with Crippen molar-refractivity contribution in [1.82, 2.24) is 4.90 Å². The van der Waals surface area contributed by atoms with Crippen LogP contribution in [0.4, 0.5) is 0 Å². The molecule has 1 fully saturated rings. The van der Waals surface area contributed by atoms with Gasteiger partial charge < -0.3 is 15.4 Å². The Labute approximate surface area is 131 Å². The summed E-state index contributed by atoms with van der Waals surface area (Å²) in [5, 5.41) is 0. The van der Waals surface area contributed by atoms with E-state index < -0.39 is 0 Å². The van der Waals surface area contributed by atoms with Crippen molar-refractivity contribution in [2.24, 2.45) is 17.6 Å². The quantitative estimate of drug-likeness (QED) is 0.847. The van der Waals surface area contributed by atoms with Gasteiger partial charge in [0.1, 0.15) is 10.7 Å². The molecule has 1 aromatic rings. The lowest BCUT2D eigenvalue weighted by atomic mass is 9.95. The first-order chi connectivity index (χ1) is 9.97. The van der Waals surface area contributed by atoms with Crippen LogP contribution in [0.5, 0.6) is 5.75 Å². The van der Waals surface area contributed by atoms with E-state index in [1.807, 2.05) is 4.90 Å². The van der Waals surface area contributed by atoms with E-state index >= 15 is 0 Å². The molecule has 0 spiro atoms. The smallest absolute Gasteiger partial charge is 0.260 e. The lowest BCUT2D eigenvalue weighted by Gasteiger charge is -2.18. The van der Waals surface area contributed by atoms with Gasteiger partial charge >= 0.3 is 0 Å². The summed E-state index contributed by atoms with van der Waals surface area (Å²) in [6.45, 7) is 6.18. The molecule has 0 radical (unpaired) electrons. The lowest BCUT2D eigenvalue weighted by molar-refractivity contribution is -0.132. The van der Waals surface area contributed by atoms with Crippen molar-refractivity contribution in [2.75, 3.05) is 19.7 Å². The third-order valence-corrected chi connectivity index (χ3v) is 4.26. The Morgan fingerprint density at radius 2 is 2.10 bits per heavy atom. The number of hydrogen-bond acceptors (Lipinski definition) is 3. The second-order valence-electron chi connectivity index (χ2n) is 5.81. The van der Waals surface area contributed by atoms with Crippen LogP contribution >= 0.6 is 12.2 Å². The van der Waals surface area contributed by atoms with Gasteiger partial charge in [0.15, 0.2) is 6.61 Å². The highest BCUT2D eigenvalue weighted by Crippen LogP contribution is 2.23. The Morgan fingerprint density at radius 3 is 2.62 bits per heavy atom. The average Bonchev–Trinajstić information content (AvgIpc) is 2.95. The van der Waals surface area contributed by atoms with E-state index in [0.29, 0.717) is 22.6 Å². The molecule has 1 atom stereocenters.